The van der Waals surface area contributed by atoms with Gasteiger partial charge in [0.2, 0.25) is 0 Å². The number of urea groups is 1. The van der Waals surface area contributed by atoms with E-state index in [1.807, 2.05) is 13.8 Å². The molecule has 2 aromatic rings. The maximum absolute atomic E-state index is 13.2. The monoisotopic (exact) mass is 489 g/mol. The number of nitrogens with zero attached hydrogens (tertiary/aromatic N) is 4. The fraction of sp³-hybridized carbons (Fsp3) is 0.500. The number of amides is 2. The van der Waals surface area contributed by atoms with Crippen LogP contribution in [0.3, 0.4) is 0 Å². The van der Waals surface area contributed by atoms with Gasteiger partial charge in [0.25, 0.3) is 10.2 Å². The minimum absolute atomic E-state index is 0. The van der Waals surface area contributed by atoms with Gasteiger partial charge in [-0.15, -0.1) is 0 Å². The third-order valence-electron chi connectivity index (χ3n) is 4.67. The van der Waals surface area contributed by atoms with Gasteiger partial charge in [-0.2, -0.15) is 5.10 Å². The number of carbonyl (C=O) groups excluding carboxylic acids is 1. The Balaban J connectivity index is 0.00000385. The van der Waals surface area contributed by atoms with Crippen LogP contribution < -0.4 is 48.7 Å². The molecule has 1 fully saturated rings. The minimum atomic E-state index is -4.35. The molecule has 11 nitrogen and oxygen atoms in total. The van der Waals surface area contributed by atoms with Crippen LogP contribution in [0.2, 0.25) is 0 Å². The molecule has 0 saturated carbocycles. The zero-order valence-electron chi connectivity index (χ0n) is 19.4. The van der Waals surface area contributed by atoms with Gasteiger partial charge in [-0.25, -0.2) is 8.42 Å². The first-order chi connectivity index (χ1) is 15.3. The van der Waals surface area contributed by atoms with Gasteiger partial charge >= 0.3 is 29.6 Å². The van der Waals surface area contributed by atoms with Gasteiger partial charge in [0, 0.05) is 38.6 Å². The average Bonchev–Trinajstić information content (AvgIpc) is 3.14. The molecule has 1 aromatic heterocycles. The fourth-order valence-electron chi connectivity index (χ4n) is 3.41. The van der Waals surface area contributed by atoms with Crippen molar-refractivity contribution in [3.05, 3.63) is 35.3 Å². The van der Waals surface area contributed by atoms with Crippen molar-refractivity contribution in [3.8, 4) is 11.5 Å². The molecule has 3 rings (SSSR count). The van der Waals surface area contributed by atoms with Crippen molar-refractivity contribution < 1.29 is 57.0 Å². The predicted octanol–water partition coefficient (Wildman–Crippen LogP) is 0.0575. The van der Waals surface area contributed by atoms with Crippen LogP contribution in [0.1, 0.15) is 26.7 Å². The summed E-state index contributed by atoms with van der Waals surface area (Å²) in [4.78, 5) is 12.6. The van der Waals surface area contributed by atoms with Crippen molar-refractivity contribution in [2.45, 2.75) is 32.7 Å². The number of carbonyl (C=O) groups is 1. The SMILES string of the molecule is CCOc1cc(NC(=O)[N-]S(=O)(=O)N(c2cnn(C)c2)C2CCOCC2)cc(OCC)c1.[Na+]. The number of benzene rings is 1. The van der Waals surface area contributed by atoms with Crippen molar-refractivity contribution in [2.24, 2.45) is 7.05 Å². The average molecular weight is 490 g/mol. The number of aryl methyl sites for hydroxylation is 1. The quantitative estimate of drug-likeness (QED) is 0.494. The molecule has 0 unspecified atom stereocenters. The second-order valence-electron chi connectivity index (χ2n) is 7.07. The van der Waals surface area contributed by atoms with Crippen LogP contribution in [0.15, 0.2) is 30.6 Å². The summed E-state index contributed by atoms with van der Waals surface area (Å²) in [6, 6.07) is 3.42. The van der Waals surface area contributed by atoms with Crippen LogP contribution in [0.25, 0.3) is 4.72 Å². The van der Waals surface area contributed by atoms with E-state index in [4.69, 9.17) is 14.2 Å². The number of aromatic nitrogens is 2. The van der Waals surface area contributed by atoms with E-state index in [9.17, 15) is 13.2 Å². The Kier molecular flexibility index (Phi) is 10.3. The van der Waals surface area contributed by atoms with Crippen molar-refractivity contribution in [3.63, 3.8) is 0 Å². The van der Waals surface area contributed by atoms with Crippen molar-refractivity contribution in [1.29, 1.82) is 0 Å². The van der Waals surface area contributed by atoms with E-state index in [1.54, 1.807) is 31.4 Å². The molecule has 2 amide bonds. The third-order valence-corrected chi connectivity index (χ3v) is 6.07. The maximum atomic E-state index is 13.2. The summed E-state index contributed by atoms with van der Waals surface area (Å²) >= 11 is 0. The van der Waals surface area contributed by atoms with E-state index in [0.717, 1.165) is 4.31 Å². The molecule has 0 radical (unpaired) electrons. The van der Waals surface area contributed by atoms with Gasteiger partial charge in [-0.1, -0.05) is 0 Å². The molecule has 1 aliphatic heterocycles. The topological polar surface area (TPSA) is 126 Å². The van der Waals surface area contributed by atoms with Gasteiger partial charge in [0.1, 0.15) is 11.5 Å². The molecular formula is C20H28N5NaO6S. The fourth-order valence-corrected chi connectivity index (χ4v) is 4.70. The molecule has 1 aromatic carbocycles. The maximum Gasteiger partial charge on any atom is 1.00 e. The first-order valence-corrected chi connectivity index (χ1v) is 11.8. The molecule has 13 heteroatoms. The molecule has 33 heavy (non-hydrogen) atoms. The molecule has 0 bridgehead atoms. The van der Waals surface area contributed by atoms with Crippen molar-refractivity contribution >= 4 is 27.6 Å². The summed E-state index contributed by atoms with van der Waals surface area (Å²) < 4.78 is 48.8. The van der Waals surface area contributed by atoms with E-state index in [0.29, 0.717) is 62.1 Å². The van der Waals surface area contributed by atoms with Crippen LogP contribution in [0, 0.1) is 0 Å². The summed E-state index contributed by atoms with van der Waals surface area (Å²) in [6.07, 6.45) is 3.97. The normalized spacial score (nSPS) is 14.2. The number of anilines is 2. The molecule has 2 heterocycles. The Hall–Kier alpha value is -1.99. The number of hydrogen-bond acceptors (Lipinski definition) is 7. The first-order valence-electron chi connectivity index (χ1n) is 10.4. The predicted molar refractivity (Wildman–Crippen MR) is 120 cm³/mol. The Morgan fingerprint density at radius 1 is 1.21 bits per heavy atom. The van der Waals surface area contributed by atoms with Crippen molar-refractivity contribution in [1.82, 2.24) is 9.78 Å². The summed E-state index contributed by atoms with van der Waals surface area (Å²) in [6.45, 7) is 5.36. The molecular weight excluding hydrogens is 461 g/mol. The minimum Gasteiger partial charge on any atom is -0.494 e. The zero-order valence-corrected chi connectivity index (χ0v) is 22.2. The van der Waals surface area contributed by atoms with E-state index in [1.165, 1.54) is 10.9 Å². The number of ether oxygens (including phenoxy) is 3. The Morgan fingerprint density at radius 2 is 1.82 bits per heavy atom. The van der Waals surface area contributed by atoms with E-state index in [2.05, 4.69) is 15.1 Å². The molecule has 176 valence electrons. The second kappa shape index (κ2) is 12.5. The summed E-state index contributed by atoms with van der Waals surface area (Å²) in [5, 5.41) is 6.55. The van der Waals surface area contributed by atoms with Crippen molar-refractivity contribution in [2.75, 3.05) is 36.0 Å². The van der Waals surface area contributed by atoms with Gasteiger partial charge in [0.05, 0.1) is 25.1 Å². The summed E-state index contributed by atoms with van der Waals surface area (Å²) in [5.74, 6) is 0.964. The van der Waals surface area contributed by atoms with Crippen LogP contribution >= 0.6 is 0 Å². The largest absolute Gasteiger partial charge is 1.00 e. The Morgan fingerprint density at radius 3 is 2.33 bits per heavy atom. The van der Waals surface area contributed by atoms with E-state index in [-0.39, 0.29) is 35.6 Å². The molecule has 0 spiro atoms. The van der Waals surface area contributed by atoms with Gasteiger partial charge in [-0.3, -0.25) is 13.8 Å². The van der Waals surface area contributed by atoms with Crippen LogP contribution in [-0.4, -0.2) is 56.7 Å². The van der Waals surface area contributed by atoms with Crippen LogP contribution in [0.4, 0.5) is 16.2 Å². The number of nitrogens with one attached hydrogen (secondary N) is 1. The van der Waals surface area contributed by atoms with E-state index < -0.39 is 16.2 Å². The van der Waals surface area contributed by atoms with Crippen LogP contribution in [-0.2, 0) is 22.0 Å². The zero-order chi connectivity index (χ0) is 23.1. The first kappa shape index (κ1) is 27.3. The van der Waals surface area contributed by atoms with Gasteiger partial charge in [0.15, 0.2) is 6.03 Å². The third kappa shape index (κ3) is 7.51. The van der Waals surface area contributed by atoms with Gasteiger partial charge in [-0.05, 0) is 44.5 Å². The second-order valence-corrected chi connectivity index (χ2v) is 8.54. The summed E-state index contributed by atoms with van der Waals surface area (Å²) in [7, 11) is -2.66. The van der Waals surface area contributed by atoms with Crippen LogP contribution in [0.5, 0.6) is 11.5 Å². The smallest absolute Gasteiger partial charge is 0.494 e. The standard InChI is InChI=1S/C20H29N5O6S.Na/c1-4-30-18-10-15(11-19(12-18)31-5-2)22-20(26)23-32(27,28)25(16-6-8-29-9-7-16)17-13-21-24(3)14-17;/h10-14,16H,4-9H2,1-3H3,(H2,22,23,26);/q;+1/p-1. The molecule has 1 N–H and O–H groups in total. The Bertz CT molecular complexity index is 1000. The summed E-state index contributed by atoms with van der Waals surface area (Å²) in [5.41, 5.74) is 0.648. The molecule has 0 atom stereocenters. The molecule has 0 aliphatic carbocycles. The molecule has 1 saturated heterocycles. The van der Waals surface area contributed by atoms with E-state index >= 15 is 0 Å². The molecule has 1 aliphatic rings. The number of rotatable bonds is 9. The number of hydrogen-bond donors (Lipinski definition) is 1. The van der Waals surface area contributed by atoms with Gasteiger partial charge < -0.3 is 24.2 Å². The Labute approximate surface area is 216 Å².